The number of hydrogen-bond donors (Lipinski definition) is 2. The van der Waals surface area contributed by atoms with Gasteiger partial charge in [-0.2, -0.15) is 0 Å². The monoisotopic (exact) mass is 445 g/mol. The molecular formula is C24H35N3O5. The summed E-state index contributed by atoms with van der Waals surface area (Å²) in [5, 5.41) is 13.2. The molecule has 0 spiro atoms. The first-order valence-corrected chi connectivity index (χ1v) is 11.3. The number of ether oxygens (including phenoxy) is 1. The number of aliphatic hydroxyl groups is 1. The maximum atomic E-state index is 13.4. The van der Waals surface area contributed by atoms with Crippen molar-refractivity contribution in [1.29, 1.82) is 0 Å². The Hall–Kier alpha value is -2.61. The van der Waals surface area contributed by atoms with Gasteiger partial charge < -0.3 is 25.0 Å². The van der Waals surface area contributed by atoms with Crippen LogP contribution < -0.4 is 10.1 Å². The predicted molar refractivity (Wildman–Crippen MR) is 120 cm³/mol. The maximum Gasteiger partial charge on any atom is 0.253 e. The number of nitrogens with one attached hydrogen (secondary N) is 1. The molecule has 8 nitrogen and oxygen atoms in total. The topological polar surface area (TPSA) is 99.2 Å². The van der Waals surface area contributed by atoms with Crippen molar-refractivity contribution in [2.24, 2.45) is 5.41 Å². The van der Waals surface area contributed by atoms with Crippen LogP contribution in [0.1, 0.15) is 56.8 Å². The Morgan fingerprint density at radius 1 is 1.28 bits per heavy atom. The lowest BCUT2D eigenvalue weighted by molar-refractivity contribution is -0.138. The minimum Gasteiger partial charge on any atom is -0.491 e. The fourth-order valence-corrected chi connectivity index (χ4v) is 4.27. The van der Waals surface area contributed by atoms with Gasteiger partial charge in [0.25, 0.3) is 5.91 Å². The van der Waals surface area contributed by atoms with Gasteiger partial charge in [-0.15, -0.1) is 0 Å². The van der Waals surface area contributed by atoms with Gasteiger partial charge in [-0.1, -0.05) is 26.8 Å². The number of benzene rings is 1. The van der Waals surface area contributed by atoms with Crippen molar-refractivity contribution in [1.82, 2.24) is 15.1 Å². The van der Waals surface area contributed by atoms with Crippen LogP contribution in [0.25, 0.3) is 0 Å². The molecule has 3 atom stereocenters. The normalized spacial score (nSPS) is 25.1. The van der Waals surface area contributed by atoms with Gasteiger partial charge in [-0.25, -0.2) is 0 Å². The molecule has 1 fully saturated rings. The molecule has 0 aliphatic carbocycles. The van der Waals surface area contributed by atoms with Gasteiger partial charge in [-0.3, -0.25) is 14.4 Å². The highest BCUT2D eigenvalue weighted by atomic mass is 16.5. The second-order valence-electron chi connectivity index (χ2n) is 10.1. The molecule has 2 aliphatic heterocycles. The van der Waals surface area contributed by atoms with Crippen LogP contribution >= 0.6 is 0 Å². The Bertz CT molecular complexity index is 850. The Balaban J connectivity index is 1.84. The van der Waals surface area contributed by atoms with Gasteiger partial charge in [0, 0.05) is 32.1 Å². The number of rotatable bonds is 2. The van der Waals surface area contributed by atoms with Gasteiger partial charge in [-0.05, 0) is 42.9 Å². The van der Waals surface area contributed by atoms with Crippen molar-refractivity contribution in [2.75, 3.05) is 26.7 Å². The third-order valence-electron chi connectivity index (χ3n) is 5.86. The molecule has 0 saturated carbocycles. The van der Waals surface area contributed by atoms with E-state index in [1.807, 2.05) is 20.8 Å². The summed E-state index contributed by atoms with van der Waals surface area (Å²) >= 11 is 0. The zero-order chi connectivity index (χ0) is 23.5. The van der Waals surface area contributed by atoms with Gasteiger partial charge in [0.05, 0.1) is 12.1 Å². The Morgan fingerprint density at radius 2 is 2.03 bits per heavy atom. The molecule has 2 aliphatic rings. The molecule has 1 aromatic rings. The zero-order valence-corrected chi connectivity index (χ0v) is 19.5. The van der Waals surface area contributed by atoms with E-state index in [2.05, 4.69) is 5.32 Å². The average molecular weight is 446 g/mol. The van der Waals surface area contributed by atoms with Crippen LogP contribution in [0.2, 0.25) is 0 Å². The largest absolute Gasteiger partial charge is 0.491 e. The van der Waals surface area contributed by atoms with E-state index >= 15 is 0 Å². The SMILES string of the molecule is CN1CCC[C@H](NC(=O)CC(C)(C)C)C(=O)N2C[C@@H](O)C[C@H]2COc2cccc(c2)C1=O. The molecule has 32 heavy (non-hydrogen) atoms. The molecule has 0 aromatic heterocycles. The predicted octanol–water partition coefficient (Wildman–Crippen LogP) is 1.81. The Kier molecular flexibility index (Phi) is 7.44. The lowest BCUT2D eigenvalue weighted by Crippen LogP contribution is -2.52. The van der Waals surface area contributed by atoms with Gasteiger partial charge >= 0.3 is 0 Å². The van der Waals surface area contributed by atoms with Crippen LogP contribution in [0.5, 0.6) is 5.75 Å². The van der Waals surface area contributed by atoms with Gasteiger partial charge in [0.1, 0.15) is 18.4 Å². The number of amides is 3. The molecule has 3 amide bonds. The molecule has 0 unspecified atom stereocenters. The highest BCUT2D eigenvalue weighted by Gasteiger charge is 2.38. The van der Waals surface area contributed by atoms with Crippen molar-refractivity contribution in [3.05, 3.63) is 29.8 Å². The number of hydrogen-bond acceptors (Lipinski definition) is 5. The average Bonchev–Trinajstić information content (AvgIpc) is 3.09. The number of carbonyl (C=O) groups excluding carboxylic acids is 3. The molecule has 0 radical (unpaired) electrons. The maximum absolute atomic E-state index is 13.4. The Labute approximate surface area is 189 Å². The van der Waals surface area contributed by atoms with Crippen LogP contribution in [0.15, 0.2) is 24.3 Å². The summed E-state index contributed by atoms with van der Waals surface area (Å²) < 4.78 is 5.90. The first kappa shape index (κ1) is 24.0. The van der Waals surface area contributed by atoms with E-state index in [9.17, 15) is 19.5 Å². The molecule has 2 heterocycles. The van der Waals surface area contributed by atoms with Gasteiger partial charge in [0.15, 0.2) is 0 Å². The molecule has 1 saturated heterocycles. The third-order valence-corrected chi connectivity index (χ3v) is 5.86. The smallest absolute Gasteiger partial charge is 0.253 e. The van der Waals surface area contributed by atoms with E-state index in [4.69, 9.17) is 4.74 Å². The number of fused-ring (bicyclic) bond motifs is 3. The molecule has 8 heteroatoms. The summed E-state index contributed by atoms with van der Waals surface area (Å²) in [6.07, 6.45) is 1.06. The zero-order valence-electron chi connectivity index (χ0n) is 19.5. The first-order valence-electron chi connectivity index (χ1n) is 11.3. The summed E-state index contributed by atoms with van der Waals surface area (Å²) in [6, 6.07) is 6.00. The highest BCUT2D eigenvalue weighted by molar-refractivity contribution is 5.94. The van der Waals surface area contributed by atoms with Gasteiger partial charge in [0.2, 0.25) is 11.8 Å². The summed E-state index contributed by atoms with van der Waals surface area (Å²) in [5.74, 6) is 0.0383. The fourth-order valence-electron chi connectivity index (χ4n) is 4.27. The highest BCUT2D eigenvalue weighted by Crippen LogP contribution is 2.24. The second kappa shape index (κ2) is 9.90. The van der Waals surface area contributed by atoms with Crippen molar-refractivity contribution in [3.8, 4) is 5.75 Å². The summed E-state index contributed by atoms with van der Waals surface area (Å²) in [5.41, 5.74) is 0.338. The van der Waals surface area contributed by atoms with Crippen LogP contribution in [0, 0.1) is 5.41 Å². The molecular weight excluding hydrogens is 410 g/mol. The van der Waals surface area contributed by atoms with Crippen molar-refractivity contribution in [2.45, 2.75) is 64.6 Å². The van der Waals surface area contributed by atoms with E-state index in [1.165, 1.54) is 0 Å². The van der Waals surface area contributed by atoms with Crippen LogP contribution in [-0.2, 0) is 9.59 Å². The van der Waals surface area contributed by atoms with Crippen molar-refractivity contribution >= 4 is 17.7 Å². The summed E-state index contributed by atoms with van der Waals surface area (Å²) in [6.45, 7) is 6.80. The molecule has 176 valence electrons. The van der Waals surface area contributed by atoms with Crippen LogP contribution in [0.3, 0.4) is 0 Å². The minimum absolute atomic E-state index is 0.120. The molecule has 3 rings (SSSR count). The Morgan fingerprint density at radius 3 is 2.75 bits per heavy atom. The molecule has 2 N–H and O–H groups in total. The van der Waals surface area contributed by atoms with E-state index in [1.54, 1.807) is 41.1 Å². The number of carbonyl (C=O) groups is 3. The fraction of sp³-hybridized carbons (Fsp3) is 0.625. The molecule has 2 bridgehead atoms. The lowest BCUT2D eigenvalue weighted by Gasteiger charge is -2.30. The second-order valence-corrected chi connectivity index (χ2v) is 10.1. The van der Waals surface area contributed by atoms with E-state index < -0.39 is 12.1 Å². The summed E-state index contributed by atoms with van der Waals surface area (Å²) in [4.78, 5) is 42.1. The van der Waals surface area contributed by atoms with Crippen LogP contribution in [-0.4, -0.2) is 77.6 Å². The number of nitrogens with zero attached hydrogens (tertiary/aromatic N) is 2. The van der Waals surface area contributed by atoms with E-state index in [0.29, 0.717) is 43.5 Å². The summed E-state index contributed by atoms with van der Waals surface area (Å²) in [7, 11) is 1.73. The quantitative estimate of drug-likeness (QED) is 0.723. The van der Waals surface area contributed by atoms with E-state index in [-0.39, 0.29) is 42.3 Å². The first-order chi connectivity index (χ1) is 15.0. The standard InChI is InChI=1S/C24H35N3O5/c1-24(2,3)13-21(29)25-20-9-6-10-26(4)22(30)16-7-5-8-19(11-16)32-15-17-12-18(28)14-27(17)23(20)31/h5,7-8,11,17-18,20,28H,6,9-10,12-15H2,1-4H3,(H,25,29)/t17-,18-,20-/m0/s1. The van der Waals surface area contributed by atoms with Crippen molar-refractivity contribution < 1.29 is 24.2 Å². The minimum atomic E-state index is -0.707. The van der Waals surface area contributed by atoms with E-state index in [0.717, 1.165) is 0 Å². The van der Waals surface area contributed by atoms with Crippen LogP contribution in [0.4, 0.5) is 0 Å². The number of aliphatic hydroxyl groups excluding tert-OH is 1. The third kappa shape index (κ3) is 6.22. The molecule has 1 aromatic carbocycles. The lowest BCUT2D eigenvalue weighted by atomic mass is 9.91. The van der Waals surface area contributed by atoms with Crippen molar-refractivity contribution in [3.63, 3.8) is 0 Å².